The number of carbonyl (C=O) groups is 2. The van der Waals surface area contributed by atoms with Crippen molar-refractivity contribution in [1.29, 1.82) is 0 Å². The molecule has 0 radical (unpaired) electrons. The van der Waals surface area contributed by atoms with Crippen molar-refractivity contribution in [2.75, 3.05) is 0 Å². The molecule has 1 aromatic carbocycles. The Kier molecular flexibility index (Phi) is 4.45. The fourth-order valence-corrected chi connectivity index (χ4v) is 4.91. The van der Waals surface area contributed by atoms with E-state index in [0.717, 1.165) is 29.8 Å². The summed E-state index contributed by atoms with van der Waals surface area (Å²) in [5.74, 6) is 1.11. The molecular formula is C24H25N3O3. The van der Waals surface area contributed by atoms with E-state index in [4.69, 9.17) is 4.52 Å². The summed E-state index contributed by atoms with van der Waals surface area (Å²) in [6, 6.07) is 10.2. The van der Waals surface area contributed by atoms with E-state index in [1.54, 1.807) is 0 Å². The zero-order valence-electron chi connectivity index (χ0n) is 17.3. The second-order valence-electron chi connectivity index (χ2n) is 9.33. The second kappa shape index (κ2) is 7.04. The number of aromatic nitrogens is 3. The highest BCUT2D eigenvalue weighted by molar-refractivity contribution is 6.00. The molecule has 2 aromatic heterocycles. The van der Waals surface area contributed by atoms with Crippen molar-refractivity contribution in [2.45, 2.75) is 58.3 Å². The normalized spacial score (nSPS) is 20.1. The Balaban J connectivity index is 1.35. The molecule has 0 aliphatic heterocycles. The average Bonchev–Trinajstić information content (AvgIpc) is 3.30. The first-order valence-corrected chi connectivity index (χ1v) is 10.6. The molecular weight excluding hydrogens is 378 g/mol. The quantitative estimate of drug-likeness (QED) is 0.703. The van der Waals surface area contributed by atoms with Crippen LogP contribution >= 0.6 is 0 Å². The van der Waals surface area contributed by atoms with Crippen molar-refractivity contribution in [3.05, 3.63) is 69.9 Å². The molecule has 5 rings (SSSR count). The standard InChI is InChI=1S/C24H25N3O3/c1-24(2)12-20(29)23-17(27-30-21(23)13-24)9-8-16-22-18(26-25-16)10-15(11-19(22)28)14-6-4-3-5-7-14/h3-7,15H,8-13H2,1-2H3,(H,25,26). The van der Waals surface area contributed by atoms with Crippen LogP contribution in [0.4, 0.5) is 0 Å². The van der Waals surface area contributed by atoms with Gasteiger partial charge in [-0.3, -0.25) is 14.7 Å². The maximum atomic E-state index is 12.9. The Morgan fingerprint density at radius 1 is 1.00 bits per heavy atom. The van der Waals surface area contributed by atoms with Crippen LogP contribution in [0.1, 0.15) is 81.7 Å². The van der Waals surface area contributed by atoms with Crippen LogP contribution in [0.3, 0.4) is 0 Å². The SMILES string of the molecule is CC1(C)CC(=O)c2c(CCc3n[nH]c4c3C(=O)CC(c3ccccc3)C4)noc2C1. The van der Waals surface area contributed by atoms with Crippen LogP contribution in [0.15, 0.2) is 34.9 Å². The number of nitrogens with one attached hydrogen (secondary N) is 1. The Hall–Kier alpha value is -3.02. The molecule has 154 valence electrons. The monoisotopic (exact) mass is 403 g/mol. The van der Waals surface area contributed by atoms with E-state index >= 15 is 0 Å². The number of nitrogens with zero attached hydrogens (tertiary/aromatic N) is 2. The van der Waals surface area contributed by atoms with E-state index in [9.17, 15) is 9.59 Å². The van der Waals surface area contributed by atoms with Crippen LogP contribution in [-0.2, 0) is 25.7 Å². The van der Waals surface area contributed by atoms with Crippen molar-refractivity contribution in [3.8, 4) is 0 Å². The van der Waals surface area contributed by atoms with Gasteiger partial charge in [0.1, 0.15) is 5.76 Å². The highest BCUT2D eigenvalue weighted by Crippen LogP contribution is 2.37. The third-order valence-electron chi connectivity index (χ3n) is 6.34. The minimum atomic E-state index is -0.0934. The first kappa shape index (κ1) is 19.0. The van der Waals surface area contributed by atoms with Crippen molar-refractivity contribution in [2.24, 2.45) is 5.41 Å². The molecule has 6 heteroatoms. The average molecular weight is 403 g/mol. The van der Waals surface area contributed by atoms with Gasteiger partial charge in [0.2, 0.25) is 0 Å². The van der Waals surface area contributed by atoms with Gasteiger partial charge in [0.05, 0.1) is 22.5 Å². The lowest BCUT2D eigenvalue weighted by Crippen LogP contribution is -2.26. The minimum absolute atomic E-state index is 0.0934. The molecule has 6 nitrogen and oxygen atoms in total. The summed E-state index contributed by atoms with van der Waals surface area (Å²) < 4.78 is 5.49. The number of H-pyrrole nitrogens is 1. The molecule has 0 saturated heterocycles. The van der Waals surface area contributed by atoms with Crippen LogP contribution in [0, 0.1) is 5.41 Å². The zero-order valence-corrected chi connectivity index (χ0v) is 17.3. The van der Waals surface area contributed by atoms with Gasteiger partial charge in [-0.2, -0.15) is 5.10 Å². The number of aryl methyl sites for hydroxylation is 2. The van der Waals surface area contributed by atoms with Gasteiger partial charge in [-0.25, -0.2) is 0 Å². The molecule has 0 bridgehead atoms. The molecule has 3 aromatic rings. The van der Waals surface area contributed by atoms with Gasteiger partial charge in [0.25, 0.3) is 0 Å². The molecule has 2 aliphatic rings. The van der Waals surface area contributed by atoms with Gasteiger partial charge in [-0.05, 0) is 36.2 Å². The molecule has 1 N–H and O–H groups in total. The van der Waals surface area contributed by atoms with Crippen LogP contribution in [0.2, 0.25) is 0 Å². The van der Waals surface area contributed by atoms with E-state index in [-0.39, 0.29) is 22.9 Å². The van der Waals surface area contributed by atoms with Crippen molar-refractivity contribution >= 4 is 11.6 Å². The van der Waals surface area contributed by atoms with Crippen LogP contribution in [0.25, 0.3) is 0 Å². The number of aromatic amines is 1. The molecule has 0 amide bonds. The predicted molar refractivity (Wildman–Crippen MR) is 111 cm³/mol. The molecule has 0 saturated carbocycles. The Labute approximate surface area is 175 Å². The lowest BCUT2D eigenvalue weighted by Gasteiger charge is -2.26. The van der Waals surface area contributed by atoms with E-state index in [1.807, 2.05) is 18.2 Å². The fourth-order valence-electron chi connectivity index (χ4n) is 4.91. The highest BCUT2D eigenvalue weighted by atomic mass is 16.5. The summed E-state index contributed by atoms with van der Waals surface area (Å²) in [5, 5.41) is 11.7. The molecule has 30 heavy (non-hydrogen) atoms. The summed E-state index contributed by atoms with van der Waals surface area (Å²) in [4.78, 5) is 25.5. The number of fused-ring (bicyclic) bond motifs is 2. The van der Waals surface area contributed by atoms with E-state index < -0.39 is 0 Å². The third kappa shape index (κ3) is 3.30. The maximum absolute atomic E-state index is 12.9. The van der Waals surface area contributed by atoms with Gasteiger partial charge >= 0.3 is 0 Å². The number of carbonyl (C=O) groups excluding carboxylic acids is 2. The van der Waals surface area contributed by atoms with Crippen molar-refractivity contribution < 1.29 is 14.1 Å². The first-order valence-electron chi connectivity index (χ1n) is 10.6. The molecule has 2 aliphatic carbocycles. The van der Waals surface area contributed by atoms with Crippen LogP contribution in [-0.4, -0.2) is 26.9 Å². The van der Waals surface area contributed by atoms with Gasteiger partial charge in [-0.15, -0.1) is 0 Å². The molecule has 2 heterocycles. The van der Waals surface area contributed by atoms with Gasteiger partial charge < -0.3 is 4.52 Å². The summed E-state index contributed by atoms with van der Waals surface area (Å²) in [7, 11) is 0. The lowest BCUT2D eigenvalue weighted by atomic mass is 9.76. The Morgan fingerprint density at radius 2 is 1.77 bits per heavy atom. The van der Waals surface area contributed by atoms with Crippen LogP contribution in [0.5, 0.6) is 0 Å². The Morgan fingerprint density at radius 3 is 2.57 bits per heavy atom. The van der Waals surface area contributed by atoms with Gasteiger partial charge in [-0.1, -0.05) is 49.3 Å². The number of benzene rings is 1. The second-order valence-corrected chi connectivity index (χ2v) is 9.33. The molecule has 0 fully saturated rings. The van der Waals surface area contributed by atoms with Gasteiger partial charge in [0, 0.05) is 25.0 Å². The highest BCUT2D eigenvalue weighted by Gasteiger charge is 2.36. The van der Waals surface area contributed by atoms with E-state index in [1.165, 1.54) is 5.56 Å². The largest absolute Gasteiger partial charge is 0.360 e. The topological polar surface area (TPSA) is 88.9 Å². The molecule has 0 spiro atoms. The number of Topliss-reactive ketones (excluding diaryl/α,β-unsaturated/α-hetero) is 2. The number of hydrogen-bond acceptors (Lipinski definition) is 5. The first-order chi connectivity index (χ1) is 14.4. The van der Waals surface area contributed by atoms with Crippen LogP contribution < -0.4 is 0 Å². The summed E-state index contributed by atoms with van der Waals surface area (Å²) in [6.45, 7) is 4.14. The smallest absolute Gasteiger partial charge is 0.168 e. The van der Waals surface area contributed by atoms with E-state index in [0.29, 0.717) is 42.7 Å². The number of hydrogen-bond donors (Lipinski definition) is 1. The minimum Gasteiger partial charge on any atom is -0.360 e. The predicted octanol–water partition coefficient (Wildman–Crippen LogP) is 4.25. The summed E-state index contributed by atoms with van der Waals surface area (Å²) in [6.07, 6.45) is 3.60. The number of rotatable bonds is 4. The summed E-state index contributed by atoms with van der Waals surface area (Å²) >= 11 is 0. The Bertz CT molecular complexity index is 1120. The molecule has 1 unspecified atom stereocenters. The zero-order chi connectivity index (χ0) is 20.9. The van der Waals surface area contributed by atoms with Crippen molar-refractivity contribution in [3.63, 3.8) is 0 Å². The van der Waals surface area contributed by atoms with E-state index in [2.05, 4.69) is 41.3 Å². The summed E-state index contributed by atoms with van der Waals surface area (Å²) in [5.41, 5.74) is 4.83. The fraction of sp³-hybridized carbons (Fsp3) is 0.417. The molecule has 1 atom stereocenters. The lowest BCUT2D eigenvalue weighted by molar-refractivity contribution is 0.0900. The number of ketones is 2. The van der Waals surface area contributed by atoms with Gasteiger partial charge in [0.15, 0.2) is 11.6 Å². The maximum Gasteiger partial charge on any atom is 0.168 e. The van der Waals surface area contributed by atoms with Crippen molar-refractivity contribution in [1.82, 2.24) is 15.4 Å². The third-order valence-corrected chi connectivity index (χ3v) is 6.34.